The number of esters is 1. The van der Waals surface area contributed by atoms with E-state index in [-0.39, 0.29) is 17.3 Å². The van der Waals surface area contributed by atoms with Gasteiger partial charge in [0.2, 0.25) is 0 Å². The number of ether oxygens (including phenoxy) is 2. The lowest BCUT2D eigenvalue weighted by molar-refractivity contribution is -0.156. The number of rotatable bonds is 4. The summed E-state index contributed by atoms with van der Waals surface area (Å²) in [7, 11) is 1.71. The molecule has 2 atom stereocenters. The van der Waals surface area contributed by atoms with Gasteiger partial charge in [-0.15, -0.1) is 0 Å². The molecule has 1 aromatic rings. The van der Waals surface area contributed by atoms with Gasteiger partial charge in [0.1, 0.15) is 11.2 Å². The van der Waals surface area contributed by atoms with Gasteiger partial charge in [0, 0.05) is 5.92 Å². The standard InChI is InChI=1S/C23H32O3/c1-7-26-21(24)23-12-8-11-22(4,5)20(23)10-9-16-13-17(15(2)3)19(25-6)14-18(16)23/h9-10,13-15,20H,7-8,11-12H2,1-6H3/t20-,23-/m0/s1. The first kappa shape index (κ1) is 19.0. The van der Waals surface area contributed by atoms with Gasteiger partial charge in [-0.3, -0.25) is 4.79 Å². The van der Waals surface area contributed by atoms with Crippen LogP contribution in [0.4, 0.5) is 0 Å². The lowest BCUT2D eigenvalue weighted by atomic mass is 9.51. The average molecular weight is 357 g/mol. The second kappa shape index (κ2) is 6.75. The molecule has 2 aliphatic rings. The molecule has 1 fully saturated rings. The van der Waals surface area contributed by atoms with E-state index in [1.54, 1.807) is 7.11 Å². The van der Waals surface area contributed by atoms with Gasteiger partial charge in [-0.2, -0.15) is 0 Å². The van der Waals surface area contributed by atoms with Crippen molar-refractivity contribution in [1.29, 1.82) is 0 Å². The molecule has 26 heavy (non-hydrogen) atoms. The van der Waals surface area contributed by atoms with Crippen LogP contribution in [0.3, 0.4) is 0 Å². The van der Waals surface area contributed by atoms with Crippen molar-refractivity contribution in [3.8, 4) is 5.75 Å². The predicted octanol–water partition coefficient (Wildman–Crippen LogP) is 5.47. The van der Waals surface area contributed by atoms with Gasteiger partial charge < -0.3 is 9.47 Å². The summed E-state index contributed by atoms with van der Waals surface area (Å²) >= 11 is 0. The maximum absolute atomic E-state index is 13.3. The van der Waals surface area contributed by atoms with E-state index < -0.39 is 5.41 Å². The maximum Gasteiger partial charge on any atom is 0.317 e. The van der Waals surface area contributed by atoms with Gasteiger partial charge in [-0.05, 0) is 59.9 Å². The van der Waals surface area contributed by atoms with Crippen molar-refractivity contribution in [2.45, 2.75) is 65.2 Å². The lowest BCUT2D eigenvalue weighted by Gasteiger charge is -2.52. The van der Waals surface area contributed by atoms with E-state index in [9.17, 15) is 4.79 Å². The van der Waals surface area contributed by atoms with Crippen LogP contribution < -0.4 is 4.74 Å². The molecule has 142 valence electrons. The SMILES string of the molecule is CCOC(=O)[C@]12CCCC(C)(C)[C@@H]1C=Cc1cc(C(C)C)c(OC)cc12. The average Bonchev–Trinajstić information content (AvgIpc) is 2.60. The summed E-state index contributed by atoms with van der Waals surface area (Å²) in [6.07, 6.45) is 7.45. The Bertz CT molecular complexity index is 729. The molecule has 0 unspecified atom stereocenters. The van der Waals surface area contributed by atoms with Crippen LogP contribution >= 0.6 is 0 Å². The van der Waals surface area contributed by atoms with Crippen molar-refractivity contribution in [2.24, 2.45) is 11.3 Å². The molecule has 0 saturated heterocycles. The summed E-state index contributed by atoms with van der Waals surface area (Å²) < 4.78 is 11.3. The third-order valence-corrected chi connectivity index (χ3v) is 6.38. The quantitative estimate of drug-likeness (QED) is 0.671. The number of fused-ring (bicyclic) bond motifs is 3. The van der Waals surface area contributed by atoms with E-state index in [1.807, 2.05) is 6.92 Å². The van der Waals surface area contributed by atoms with E-state index in [0.29, 0.717) is 12.5 Å². The van der Waals surface area contributed by atoms with Gasteiger partial charge in [0.05, 0.1) is 13.7 Å². The number of benzene rings is 1. The van der Waals surface area contributed by atoms with E-state index in [2.05, 4.69) is 52.0 Å². The Morgan fingerprint density at radius 2 is 2.00 bits per heavy atom. The second-order valence-electron chi connectivity index (χ2n) is 8.71. The molecule has 0 N–H and O–H groups in total. The molecule has 0 radical (unpaired) electrons. The number of carbonyl (C=O) groups is 1. The molecular formula is C23H32O3. The third kappa shape index (κ3) is 2.76. The first-order chi connectivity index (χ1) is 12.3. The van der Waals surface area contributed by atoms with Crippen molar-refractivity contribution in [1.82, 2.24) is 0 Å². The largest absolute Gasteiger partial charge is 0.496 e. The Balaban J connectivity index is 2.26. The maximum atomic E-state index is 13.3. The van der Waals surface area contributed by atoms with Crippen LogP contribution in [0.2, 0.25) is 0 Å². The third-order valence-electron chi connectivity index (χ3n) is 6.38. The van der Waals surface area contributed by atoms with Crippen LogP contribution in [0.5, 0.6) is 5.75 Å². The van der Waals surface area contributed by atoms with Gasteiger partial charge in [0.15, 0.2) is 0 Å². The van der Waals surface area contributed by atoms with Crippen molar-refractivity contribution in [3.05, 3.63) is 34.9 Å². The molecular weight excluding hydrogens is 324 g/mol. The van der Waals surface area contributed by atoms with Gasteiger partial charge in [-0.25, -0.2) is 0 Å². The van der Waals surface area contributed by atoms with Crippen LogP contribution in [0.25, 0.3) is 6.08 Å². The van der Waals surface area contributed by atoms with Crippen molar-refractivity contribution >= 4 is 12.0 Å². The summed E-state index contributed by atoms with van der Waals surface area (Å²) in [4.78, 5) is 13.3. The Hall–Kier alpha value is -1.77. The molecule has 0 aliphatic heterocycles. The Labute approximate surface area is 157 Å². The highest BCUT2D eigenvalue weighted by molar-refractivity contribution is 5.88. The topological polar surface area (TPSA) is 35.5 Å². The molecule has 3 nitrogen and oxygen atoms in total. The zero-order valence-corrected chi connectivity index (χ0v) is 17.0. The minimum absolute atomic E-state index is 0.0587. The Morgan fingerprint density at radius 1 is 1.27 bits per heavy atom. The Kier molecular flexibility index (Phi) is 4.94. The number of hydrogen-bond donors (Lipinski definition) is 0. The molecule has 0 amide bonds. The normalized spacial score (nSPS) is 26.2. The molecule has 0 spiro atoms. The molecule has 0 aromatic heterocycles. The fourth-order valence-corrected chi connectivity index (χ4v) is 5.09. The van der Waals surface area contributed by atoms with Crippen LogP contribution in [0, 0.1) is 11.3 Å². The lowest BCUT2D eigenvalue weighted by Crippen LogP contribution is -2.53. The summed E-state index contributed by atoms with van der Waals surface area (Å²) in [5, 5.41) is 0. The predicted molar refractivity (Wildman–Crippen MR) is 106 cm³/mol. The zero-order valence-electron chi connectivity index (χ0n) is 17.0. The van der Waals surface area contributed by atoms with E-state index in [4.69, 9.17) is 9.47 Å². The van der Waals surface area contributed by atoms with Crippen LogP contribution in [-0.4, -0.2) is 19.7 Å². The molecule has 3 heteroatoms. The van der Waals surface area contributed by atoms with Gasteiger partial charge >= 0.3 is 5.97 Å². The highest BCUT2D eigenvalue weighted by atomic mass is 16.5. The van der Waals surface area contributed by atoms with E-state index >= 15 is 0 Å². The molecule has 3 rings (SSSR count). The van der Waals surface area contributed by atoms with Gasteiger partial charge in [0.25, 0.3) is 0 Å². The van der Waals surface area contributed by atoms with E-state index in [1.165, 1.54) is 5.56 Å². The van der Waals surface area contributed by atoms with Crippen LogP contribution in [0.1, 0.15) is 76.5 Å². The monoisotopic (exact) mass is 356 g/mol. The zero-order chi connectivity index (χ0) is 19.1. The van der Waals surface area contributed by atoms with Gasteiger partial charge in [-0.1, -0.05) is 46.3 Å². The minimum Gasteiger partial charge on any atom is -0.496 e. The number of methoxy groups -OCH3 is 1. The Morgan fingerprint density at radius 3 is 2.62 bits per heavy atom. The summed E-state index contributed by atoms with van der Waals surface area (Å²) in [6.45, 7) is 11.2. The first-order valence-electron chi connectivity index (χ1n) is 9.85. The summed E-state index contributed by atoms with van der Waals surface area (Å²) in [5.74, 6) is 1.30. The molecule has 0 bridgehead atoms. The smallest absolute Gasteiger partial charge is 0.317 e. The highest BCUT2D eigenvalue weighted by Gasteiger charge is 2.56. The number of carbonyl (C=O) groups excluding carboxylic acids is 1. The van der Waals surface area contributed by atoms with Crippen molar-refractivity contribution in [3.63, 3.8) is 0 Å². The van der Waals surface area contributed by atoms with Crippen LogP contribution in [-0.2, 0) is 14.9 Å². The van der Waals surface area contributed by atoms with Crippen molar-refractivity contribution in [2.75, 3.05) is 13.7 Å². The molecule has 2 aliphatic carbocycles. The van der Waals surface area contributed by atoms with E-state index in [0.717, 1.165) is 36.1 Å². The second-order valence-corrected chi connectivity index (χ2v) is 8.71. The molecule has 1 aromatic carbocycles. The highest BCUT2D eigenvalue weighted by Crippen LogP contribution is 2.57. The minimum atomic E-state index is -0.607. The summed E-state index contributed by atoms with van der Waals surface area (Å²) in [5.41, 5.74) is 2.85. The summed E-state index contributed by atoms with van der Waals surface area (Å²) in [6, 6.07) is 4.31. The molecule has 0 heterocycles. The fraction of sp³-hybridized carbons (Fsp3) is 0.609. The fourth-order valence-electron chi connectivity index (χ4n) is 5.09. The first-order valence-corrected chi connectivity index (χ1v) is 9.85. The number of allylic oxidation sites excluding steroid dienone is 1. The van der Waals surface area contributed by atoms with Crippen LogP contribution in [0.15, 0.2) is 18.2 Å². The molecule has 1 saturated carbocycles. The number of hydrogen-bond acceptors (Lipinski definition) is 3. The van der Waals surface area contributed by atoms with Crippen molar-refractivity contribution < 1.29 is 14.3 Å².